The van der Waals surface area contributed by atoms with E-state index < -0.39 is 0 Å². The highest BCUT2D eigenvalue weighted by molar-refractivity contribution is 7.26. The molecule has 9 aromatic rings. The molecule has 8 aromatic carbocycles. The van der Waals surface area contributed by atoms with E-state index in [1.165, 1.54) is 117 Å². The zero-order valence-corrected chi connectivity index (χ0v) is 49.0. The lowest BCUT2D eigenvalue weighted by molar-refractivity contribution is 0.332. The van der Waals surface area contributed by atoms with Crippen LogP contribution >= 0.6 is 11.3 Å². The molecule has 0 spiro atoms. The molecule has 0 unspecified atom stereocenters. The Hall–Kier alpha value is -6.56. The molecule has 0 N–H and O–H groups in total. The fraction of sp³-hybridized carbons (Fsp3) is 0.333. The number of fused-ring (bicyclic) bond motifs is 9. The van der Waals surface area contributed by atoms with Gasteiger partial charge < -0.3 is 14.7 Å². The summed E-state index contributed by atoms with van der Waals surface area (Å²) in [6.07, 6.45) is 4.67. The van der Waals surface area contributed by atoms with Crippen molar-refractivity contribution in [2.75, 3.05) is 14.7 Å². The van der Waals surface area contributed by atoms with Crippen LogP contribution in [0.4, 0.5) is 51.2 Å². The highest BCUT2D eigenvalue weighted by atomic mass is 32.1. The van der Waals surface area contributed by atoms with Crippen molar-refractivity contribution >= 4 is 106 Å². The number of thiophene rings is 1. The predicted octanol–water partition coefficient (Wildman–Crippen LogP) is 18.9. The molecule has 1 aromatic heterocycles. The van der Waals surface area contributed by atoms with Crippen LogP contribution in [0.15, 0.2) is 158 Å². The van der Waals surface area contributed by atoms with E-state index in [4.69, 9.17) is 0 Å². The van der Waals surface area contributed by atoms with Crippen molar-refractivity contribution in [3.8, 4) is 0 Å². The van der Waals surface area contributed by atoms with Gasteiger partial charge in [-0.25, -0.2) is 0 Å². The van der Waals surface area contributed by atoms with Gasteiger partial charge in [0.15, 0.2) is 0 Å². The van der Waals surface area contributed by atoms with Gasteiger partial charge in [0.05, 0.1) is 5.69 Å². The summed E-state index contributed by atoms with van der Waals surface area (Å²) in [6.45, 7) is 34.0. The van der Waals surface area contributed by atoms with Crippen LogP contribution in [0.1, 0.15) is 156 Å². The van der Waals surface area contributed by atoms with E-state index in [0.29, 0.717) is 0 Å². The van der Waals surface area contributed by atoms with Crippen LogP contribution in [0, 0.1) is 0 Å². The van der Waals surface area contributed by atoms with Gasteiger partial charge in [0.25, 0.3) is 6.71 Å². The van der Waals surface area contributed by atoms with Gasteiger partial charge in [-0.05, 0) is 193 Å². The second-order valence-corrected chi connectivity index (χ2v) is 29.1. The Morgan fingerprint density at radius 2 is 0.974 bits per heavy atom. The molecule has 13 rings (SSSR count). The second-order valence-electron chi connectivity index (χ2n) is 28.0. The van der Waals surface area contributed by atoms with Crippen LogP contribution in [-0.4, -0.2) is 6.71 Å². The Morgan fingerprint density at radius 1 is 0.416 bits per heavy atom. The molecule has 388 valence electrons. The number of rotatable bonds is 5. The third-order valence-electron chi connectivity index (χ3n) is 18.9. The summed E-state index contributed by atoms with van der Waals surface area (Å²) in [4.78, 5) is 7.88. The maximum Gasteiger partial charge on any atom is 0.252 e. The molecule has 5 heteroatoms. The number of anilines is 9. The van der Waals surface area contributed by atoms with E-state index in [2.05, 4.69) is 269 Å². The number of benzene rings is 8. The molecule has 0 radical (unpaired) electrons. The zero-order chi connectivity index (χ0) is 53.9. The van der Waals surface area contributed by atoms with Crippen LogP contribution < -0.4 is 31.1 Å². The molecule has 0 amide bonds. The summed E-state index contributed by atoms with van der Waals surface area (Å²) in [6, 6.07) is 61.8. The molecule has 0 saturated heterocycles. The molecule has 77 heavy (non-hydrogen) atoms. The Morgan fingerprint density at radius 3 is 1.58 bits per heavy atom. The van der Waals surface area contributed by atoms with Gasteiger partial charge in [-0.3, -0.25) is 0 Å². The minimum absolute atomic E-state index is 0.0209. The minimum atomic E-state index is -0.160. The molecule has 0 fully saturated rings. The summed E-state index contributed by atoms with van der Waals surface area (Å²) < 4.78 is 2.64. The third-order valence-corrected chi connectivity index (χ3v) is 20.0. The molecule has 0 atom stereocenters. The fourth-order valence-electron chi connectivity index (χ4n) is 13.9. The largest absolute Gasteiger partial charge is 0.311 e. The van der Waals surface area contributed by atoms with Crippen molar-refractivity contribution in [3.05, 3.63) is 191 Å². The topological polar surface area (TPSA) is 9.72 Å². The summed E-state index contributed by atoms with van der Waals surface area (Å²) >= 11 is 1.93. The zero-order valence-electron chi connectivity index (χ0n) is 48.2. The van der Waals surface area contributed by atoms with Crippen LogP contribution in [0.3, 0.4) is 0 Å². The summed E-state index contributed by atoms with van der Waals surface area (Å²) in [5.74, 6) is 0. The molecule has 4 aliphatic rings. The molecule has 2 aliphatic carbocycles. The number of nitrogens with zero attached hydrogens (tertiary/aromatic N) is 3. The van der Waals surface area contributed by atoms with Crippen molar-refractivity contribution in [2.45, 2.75) is 155 Å². The normalized spacial score (nSPS) is 17.6. The van der Waals surface area contributed by atoms with E-state index in [1.807, 2.05) is 11.3 Å². The highest BCUT2D eigenvalue weighted by Crippen LogP contribution is 2.55. The van der Waals surface area contributed by atoms with Crippen LogP contribution in [-0.2, 0) is 32.5 Å². The van der Waals surface area contributed by atoms with Crippen LogP contribution in [0.2, 0.25) is 0 Å². The van der Waals surface area contributed by atoms with Crippen molar-refractivity contribution < 1.29 is 0 Å². The first-order valence-corrected chi connectivity index (χ1v) is 29.4. The van der Waals surface area contributed by atoms with Crippen molar-refractivity contribution in [1.82, 2.24) is 0 Å². The molecule has 0 bridgehead atoms. The summed E-state index contributed by atoms with van der Waals surface area (Å²) in [7, 11) is 0. The molecular formula is C72H76BN3S. The summed E-state index contributed by atoms with van der Waals surface area (Å²) in [5, 5.41) is 2.62. The van der Waals surface area contributed by atoms with Gasteiger partial charge in [0.1, 0.15) is 0 Å². The first kappa shape index (κ1) is 50.0. The lowest BCUT2D eigenvalue weighted by Gasteiger charge is -2.48. The van der Waals surface area contributed by atoms with Gasteiger partial charge in [-0.1, -0.05) is 170 Å². The van der Waals surface area contributed by atoms with E-state index in [9.17, 15) is 0 Å². The Bertz CT molecular complexity index is 3820. The highest BCUT2D eigenvalue weighted by Gasteiger charge is 2.48. The SMILES string of the molecule is CC(C)(C)c1cc2c3c(c1)N(c1cccc4sc5cc(C(C)(C)C)ccc5c14)c1cc(N(c4ccccc4)c4ccccc4)ccc1B3c1cc3c(cc1N2c1ccc2c(c1)C(C)(C)CCC2(C)C)C(C)(C)CCC3(C)C. The smallest absolute Gasteiger partial charge is 0.252 e. The van der Waals surface area contributed by atoms with E-state index >= 15 is 0 Å². The van der Waals surface area contributed by atoms with Crippen molar-refractivity contribution in [2.24, 2.45) is 0 Å². The fourth-order valence-corrected chi connectivity index (χ4v) is 15.1. The standard InChI is InChI=1S/C72H76BN3S/c1-67(2,3)45-28-31-51-64(40-45)77-63-27-21-26-58(65(51)63)76-59-42-50(74(47-22-17-15-18-23-47)48-24-19-16-20-25-48)30-33-56(59)73-57-43-54-55(72(13,14)37-36-71(54,11)12)44-60(57)75(61-38-46(68(4,5)6)39-62(76)66(61)73)49-29-32-52-53(41-49)70(9,10)35-34-69(52,7)8/h15-33,38-44H,34-37H2,1-14H3. The molecule has 0 saturated carbocycles. The van der Waals surface area contributed by atoms with Gasteiger partial charge in [0, 0.05) is 65.7 Å². The van der Waals surface area contributed by atoms with Crippen LogP contribution in [0.5, 0.6) is 0 Å². The second kappa shape index (κ2) is 17.0. The Kier molecular flexibility index (Phi) is 11.0. The van der Waals surface area contributed by atoms with E-state index in [-0.39, 0.29) is 39.2 Å². The van der Waals surface area contributed by atoms with Crippen molar-refractivity contribution in [1.29, 1.82) is 0 Å². The van der Waals surface area contributed by atoms with Gasteiger partial charge in [-0.15, -0.1) is 11.3 Å². The maximum absolute atomic E-state index is 2.73. The van der Waals surface area contributed by atoms with E-state index in [0.717, 1.165) is 29.9 Å². The minimum Gasteiger partial charge on any atom is -0.311 e. The van der Waals surface area contributed by atoms with Gasteiger partial charge in [-0.2, -0.15) is 0 Å². The predicted molar refractivity (Wildman–Crippen MR) is 336 cm³/mol. The quantitative estimate of drug-likeness (QED) is 0.159. The van der Waals surface area contributed by atoms with Crippen molar-refractivity contribution in [3.63, 3.8) is 0 Å². The first-order valence-electron chi connectivity index (χ1n) is 28.5. The van der Waals surface area contributed by atoms with Gasteiger partial charge >= 0.3 is 0 Å². The molecule has 2 aliphatic heterocycles. The molecule has 3 nitrogen and oxygen atoms in total. The van der Waals surface area contributed by atoms with Gasteiger partial charge in [0.2, 0.25) is 0 Å². The Balaban J connectivity index is 1.17. The monoisotopic (exact) mass is 1030 g/mol. The molecule has 3 heterocycles. The summed E-state index contributed by atoms with van der Waals surface area (Å²) in [5.41, 5.74) is 23.8. The lowest BCUT2D eigenvalue weighted by atomic mass is 9.33. The average molecular weight is 1030 g/mol. The Labute approximate surface area is 464 Å². The third kappa shape index (κ3) is 7.86. The number of hydrogen-bond acceptors (Lipinski definition) is 4. The number of hydrogen-bond donors (Lipinski definition) is 0. The number of para-hydroxylation sites is 2. The van der Waals surface area contributed by atoms with E-state index in [1.54, 1.807) is 0 Å². The van der Waals surface area contributed by atoms with Crippen LogP contribution in [0.25, 0.3) is 20.2 Å². The first-order chi connectivity index (χ1) is 36.4. The maximum atomic E-state index is 2.73. The molecular weight excluding hydrogens is 950 g/mol. The lowest BCUT2D eigenvalue weighted by Crippen LogP contribution is -2.62. The average Bonchev–Trinajstić information content (AvgIpc) is 3.92.